The van der Waals surface area contributed by atoms with Crippen molar-refractivity contribution in [2.45, 2.75) is 112 Å². The first-order chi connectivity index (χ1) is 23.1. The first-order valence-electron chi connectivity index (χ1n) is 17.8. The van der Waals surface area contributed by atoms with E-state index < -0.39 is 0 Å². The van der Waals surface area contributed by atoms with E-state index in [-0.39, 0.29) is 0 Å². The summed E-state index contributed by atoms with van der Waals surface area (Å²) in [6.07, 6.45) is 15.1. The molecule has 2 aromatic carbocycles. The fraction of sp³-hybridized carbons (Fsp3) is 0.488. The number of allylic oxidation sites excluding steroid dienone is 2. The predicted molar refractivity (Wildman–Crippen MR) is 228 cm³/mol. The van der Waals surface area contributed by atoms with Crippen molar-refractivity contribution in [2.24, 2.45) is 11.8 Å². The second-order valence-corrected chi connectivity index (χ2v) is 13.4. The molecule has 0 amide bonds. The minimum absolute atomic E-state index is 0.329. The van der Waals surface area contributed by atoms with Gasteiger partial charge in [0.05, 0.1) is 5.69 Å². The summed E-state index contributed by atoms with van der Waals surface area (Å²) in [5.74, 6) is 1.37. The number of rotatable bonds is 16. The zero-order chi connectivity index (χ0) is 36.3. The Morgan fingerprint density at radius 3 is 2.12 bits per heavy atom. The topological polar surface area (TPSA) is 37.8 Å². The molecular weight excluding hydrogens is 717 g/mol. The molecule has 0 fully saturated rings. The molecule has 0 radical (unpaired) electrons. The molecule has 3 atom stereocenters. The number of aromatic nitrogens is 2. The number of halogens is 1. The average molecular weight is 784 g/mol. The predicted octanol–water partition coefficient (Wildman–Crippen LogP) is 12.6. The fourth-order valence-corrected chi connectivity index (χ4v) is 5.53. The number of nitrogens with one attached hydrogen (secondary N) is 1. The summed E-state index contributed by atoms with van der Waals surface area (Å²) in [6.45, 7) is 26.5. The van der Waals surface area contributed by atoms with E-state index in [1.807, 2.05) is 30.1 Å². The Bertz CT molecular complexity index is 1300. The minimum atomic E-state index is 0.329. The number of hydrogen-bond donors (Lipinski definition) is 2. The maximum atomic E-state index is 4.62. The summed E-state index contributed by atoms with van der Waals surface area (Å²) in [5.41, 5.74) is 9.68. The highest BCUT2D eigenvalue weighted by atomic mass is 127. The van der Waals surface area contributed by atoms with Gasteiger partial charge in [0, 0.05) is 29.6 Å². The second kappa shape index (κ2) is 28.5. The normalized spacial score (nSPS) is 12.2. The summed E-state index contributed by atoms with van der Waals surface area (Å²) in [7, 11) is 0. The van der Waals surface area contributed by atoms with Crippen LogP contribution in [0.3, 0.4) is 0 Å². The third kappa shape index (κ3) is 20.2. The molecule has 0 aliphatic carbocycles. The summed E-state index contributed by atoms with van der Waals surface area (Å²) in [4.78, 5) is 11.1. The SMILES string of the molecule is C=C(Cc1ncnc(CC(C)CC(CC)CCCc2ccccc2C(=C)C)c1C)NCC.CCC.CI.C[C@H](S)/C=C/c1ccccc1. The largest absolute Gasteiger partial charge is 0.389 e. The van der Waals surface area contributed by atoms with Crippen molar-refractivity contribution in [1.29, 1.82) is 0 Å². The molecule has 1 aromatic heterocycles. The molecule has 0 spiro atoms. The van der Waals surface area contributed by atoms with Crippen LogP contribution in [0.2, 0.25) is 0 Å². The molecule has 266 valence electrons. The molecule has 1 heterocycles. The molecule has 0 saturated heterocycles. The molecular formula is C43H66IN3S. The highest BCUT2D eigenvalue weighted by Crippen LogP contribution is 2.26. The molecule has 3 nitrogen and oxygen atoms in total. The molecule has 48 heavy (non-hydrogen) atoms. The minimum Gasteiger partial charge on any atom is -0.389 e. The third-order valence-corrected chi connectivity index (χ3v) is 8.03. The zero-order valence-corrected chi connectivity index (χ0v) is 34.7. The lowest BCUT2D eigenvalue weighted by Crippen LogP contribution is -2.15. The van der Waals surface area contributed by atoms with Crippen molar-refractivity contribution in [3.05, 3.63) is 119 Å². The van der Waals surface area contributed by atoms with E-state index in [0.717, 1.165) is 48.7 Å². The Morgan fingerprint density at radius 1 is 0.938 bits per heavy atom. The number of benzene rings is 2. The number of alkyl halides is 1. The van der Waals surface area contributed by atoms with Crippen LogP contribution in [-0.2, 0) is 19.3 Å². The lowest BCUT2D eigenvalue weighted by Gasteiger charge is -2.21. The van der Waals surface area contributed by atoms with Gasteiger partial charge in [0.2, 0.25) is 0 Å². The maximum absolute atomic E-state index is 4.62. The van der Waals surface area contributed by atoms with Crippen molar-refractivity contribution < 1.29 is 0 Å². The number of nitrogens with zero attached hydrogens (tertiary/aromatic N) is 2. The first kappa shape index (κ1) is 45.6. The van der Waals surface area contributed by atoms with Gasteiger partial charge in [0.15, 0.2) is 0 Å². The highest BCUT2D eigenvalue weighted by molar-refractivity contribution is 14.1. The molecule has 0 aliphatic heterocycles. The van der Waals surface area contributed by atoms with Gasteiger partial charge in [-0.2, -0.15) is 12.6 Å². The summed E-state index contributed by atoms with van der Waals surface area (Å²) >= 11 is 6.39. The Hall–Kier alpha value is -2.38. The average Bonchev–Trinajstić information content (AvgIpc) is 3.07. The van der Waals surface area contributed by atoms with Gasteiger partial charge in [0.1, 0.15) is 6.33 Å². The van der Waals surface area contributed by atoms with E-state index in [1.54, 1.807) is 6.33 Å². The maximum Gasteiger partial charge on any atom is 0.115 e. The van der Waals surface area contributed by atoms with E-state index in [1.165, 1.54) is 60.1 Å². The van der Waals surface area contributed by atoms with Crippen LogP contribution in [0.4, 0.5) is 0 Å². The van der Waals surface area contributed by atoms with E-state index in [2.05, 4.69) is 161 Å². The van der Waals surface area contributed by atoms with Crippen molar-refractivity contribution in [3.63, 3.8) is 0 Å². The smallest absolute Gasteiger partial charge is 0.115 e. The van der Waals surface area contributed by atoms with Crippen molar-refractivity contribution in [2.75, 3.05) is 11.5 Å². The van der Waals surface area contributed by atoms with E-state index >= 15 is 0 Å². The Kier molecular flexibility index (Phi) is 27.0. The fourth-order valence-electron chi connectivity index (χ4n) is 5.45. The molecule has 1 N–H and O–H groups in total. The standard InChI is InChI=1S/C29H43N3.C10H12S.C3H8.CH3I/c1-8-25(13-12-15-26-14-10-11-16-27(26)21(3)4)17-22(5)18-28-24(7)29(32-20-31-28)19-23(6)30-9-2;1-9(11)7-8-10-5-3-2-4-6-10;1-3-2;1-2/h10-11,14,16,20,22,25,30H,3,6,8-9,12-13,15,17-19H2,1-2,4-5,7H3;2-9,11H,1H3;3H2,1-2H3;1H3/b;8-7+;;/t;9-;;/m.0../s1. The molecule has 2 unspecified atom stereocenters. The number of hydrogen-bond acceptors (Lipinski definition) is 4. The summed E-state index contributed by atoms with van der Waals surface area (Å²) < 4.78 is 0. The number of likely N-dealkylation sites (N-methyl/N-ethyl adjacent to an activating group) is 1. The Labute approximate surface area is 315 Å². The van der Waals surface area contributed by atoms with E-state index in [0.29, 0.717) is 11.2 Å². The van der Waals surface area contributed by atoms with Crippen LogP contribution >= 0.6 is 35.2 Å². The highest BCUT2D eigenvalue weighted by Gasteiger charge is 2.16. The second-order valence-electron chi connectivity index (χ2n) is 12.6. The molecule has 5 heteroatoms. The molecule has 0 bridgehead atoms. The van der Waals surface area contributed by atoms with E-state index in [9.17, 15) is 0 Å². The zero-order valence-electron chi connectivity index (χ0n) is 31.7. The Balaban J connectivity index is 0.00000114. The van der Waals surface area contributed by atoms with Crippen LogP contribution in [0.5, 0.6) is 0 Å². The van der Waals surface area contributed by atoms with Gasteiger partial charge in [0.25, 0.3) is 0 Å². The summed E-state index contributed by atoms with van der Waals surface area (Å²) in [6, 6.07) is 18.9. The monoisotopic (exact) mass is 783 g/mol. The van der Waals surface area contributed by atoms with Crippen molar-refractivity contribution >= 4 is 46.9 Å². The van der Waals surface area contributed by atoms with Gasteiger partial charge in [-0.05, 0) is 92.4 Å². The van der Waals surface area contributed by atoms with E-state index in [4.69, 9.17) is 0 Å². The van der Waals surface area contributed by atoms with Crippen molar-refractivity contribution in [1.82, 2.24) is 15.3 Å². The van der Waals surface area contributed by atoms with Crippen LogP contribution in [0.1, 0.15) is 114 Å². The van der Waals surface area contributed by atoms with Crippen LogP contribution in [0.25, 0.3) is 11.6 Å². The third-order valence-electron chi connectivity index (χ3n) is 7.86. The number of thiol groups is 1. The van der Waals surface area contributed by atoms with Crippen LogP contribution in [0, 0.1) is 18.8 Å². The molecule has 0 saturated carbocycles. The van der Waals surface area contributed by atoms with Crippen molar-refractivity contribution in [3.8, 4) is 0 Å². The molecule has 3 aromatic rings. The van der Waals surface area contributed by atoms with Gasteiger partial charge in [-0.15, -0.1) is 0 Å². The van der Waals surface area contributed by atoms with Crippen LogP contribution in [0.15, 0.2) is 85.9 Å². The lowest BCUT2D eigenvalue weighted by molar-refractivity contribution is 0.350. The van der Waals surface area contributed by atoms with Gasteiger partial charge in [-0.1, -0.05) is 155 Å². The lowest BCUT2D eigenvalue weighted by atomic mass is 9.86. The number of aryl methyl sites for hydroxylation is 1. The van der Waals surface area contributed by atoms with Gasteiger partial charge < -0.3 is 5.32 Å². The quantitative estimate of drug-likeness (QED) is 0.0863. The van der Waals surface area contributed by atoms with Gasteiger partial charge in [-0.25, -0.2) is 9.97 Å². The molecule has 3 rings (SSSR count). The summed E-state index contributed by atoms with van der Waals surface area (Å²) in [5, 5.41) is 3.63. The Morgan fingerprint density at radius 2 is 1.54 bits per heavy atom. The molecule has 0 aliphatic rings. The van der Waals surface area contributed by atoms with Gasteiger partial charge >= 0.3 is 0 Å². The van der Waals surface area contributed by atoms with Crippen LogP contribution < -0.4 is 5.32 Å². The van der Waals surface area contributed by atoms with Gasteiger partial charge in [-0.3, -0.25) is 0 Å². The first-order valence-corrected chi connectivity index (χ1v) is 20.5. The van der Waals surface area contributed by atoms with Crippen LogP contribution in [-0.4, -0.2) is 26.7 Å².